The molecule has 2 atom stereocenters. The maximum atomic E-state index is 5.61. The third kappa shape index (κ3) is 9.92. The Balaban J connectivity index is 2.91. The van der Waals surface area contributed by atoms with E-state index in [1.807, 2.05) is 0 Å². The molecule has 0 aliphatic rings. The molecule has 0 radical (unpaired) electrons. The molecule has 0 saturated heterocycles. The molecule has 2 heteroatoms. The second kappa shape index (κ2) is 6.62. The van der Waals surface area contributed by atoms with Crippen LogP contribution in [0.2, 0.25) is 0 Å². The molecule has 0 unspecified atom stereocenters. The fourth-order valence-electron chi connectivity index (χ4n) is 1.11. The Hall–Kier alpha value is -0.0800. The molecule has 0 rings (SSSR count). The second-order valence-electron chi connectivity index (χ2n) is 3.59. The van der Waals surface area contributed by atoms with Gasteiger partial charge in [-0.15, -0.1) is 0 Å². The molecule has 68 valence electrons. The summed E-state index contributed by atoms with van der Waals surface area (Å²) in [6.07, 6.45) is 6.09. The molecule has 4 N–H and O–H groups in total. The van der Waals surface area contributed by atoms with Crippen LogP contribution < -0.4 is 11.5 Å². The Morgan fingerprint density at radius 1 is 0.818 bits per heavy atom. The van der Waals surface area contributed by atoms with Gasteiger partial charge in [-0.3, -0.25) is 0 Å². The van der Waals surface area contributed by atoms with E-state index in [1.165, 1.54) is 19.3 Å². The van der Waals surface area contributed by atoms with Gasteiger partial charge in [-0.1, -0.05) is 19.3 Å². The highest BCUT2D eigenvalue weighted by molar-refractivity contribution is 4.56. The van der Waals surface area contributed by atoms with Crippen LogP contribution in [0.4, 0.5) is 0 Å². The molecular weight excluding hydrogens is 136 g/mol. The summed E-state index contributed by atoms with van der Waals surface area (Å²) in [5.74, 6) is 0. The largest absolute Gasteiger partial charge is 0.328 e. The van der Waals surface area contributed by atoms with E-state index in [2.05, 4.69) is 13.8 Å². The standard InChI is InChI=1S/C9H22N2/c1-8(10)6-4-3-5-7-9(2)11/h8-9H,3-7,10-11H2,1-2H3/t8-,9-/m0/s1. The van der Waals surface area contributed by atoms with E-state index in [-0.39, 0.29) is 0 Å². The van der Waals surface area contributed by atoms with Gasteiger partial charge in [0.15, 0.2) is 0 Å². The molecule has 0 amide bonds. The SMILES string of the molecule is C[C@H](N)CCCCC[C@H](C)N. The zero-order valence-electron chi connectivity index (χ0n) is 7.84. The molecule has 0 aromatic rings. The van der Waals surface area contributed by atoms with E-state index in [1.54, 1.807) is 0 Å². The van der Waals surface area contributed by atoms with Crippen LogP contribution in [0.3, 0.4) is 0 Å². The summed E-state index contributed by atoms with van der Waals surface area (Å²) in [6.45, 7) is 4.12. The highest BCUT2D eigenvalue weighted by atomic mass is 14.6. The van der Waals surface area contributed by atoms with Crippen LogP contribution in [0.1, 0.15) is 46.0 Å². The van der Waals surface area contributed by atoms with Crippen molar-refractivity contribution in [2.24, 2.45) is 11.5 Å². The van der Waals surface area contributed by atoms with Gasteiger partial charge in [0, 0.05) is 12.1 Å². The summed E-state index contributed by atoms with van der Waals surface area (Å²) in [6, 6.07) is 0.732. The molecule has 0 spiro atoms. The van der Waals surface area contributed by atoms with Gasteiger partial charge in [0.1, 0.15) is 0 Å². The van der Waals surface area contributed by atoms with Crippen molar-refractivity contribution in [1.82, 2.24) is 0 Å². The van der Waals surface area contributed by atoms with Crippen molar-refractivity contribution in [2.45, 2.75) is 58.0 Å². The number of unbranched alkanes of at least 4 members (excludes halogenated alkanes) is 2. The van der Waals surface area contributed by atoms with Crippen LogP contribution in [-0.2, 0) is 0 Å². The first-order valence-corrected chi connectivity index (χ1v) is 4.64. The molecule has 2 nitrogen and oxygen atoms in total. The number of hydrogen-bond acceptors (Lipinski definition) is 2. The quantitative estimate of drug-likeness (QED) is 0.577. The molecular formula is C9H22N2. The normalized spacial score (nSPS) is 16.4. The Kier molecular flexibility index (Phi) is 6.57. The lowest BCUT2D eigenvalue weighted by atomic mass is 10.1. The Morgan fingerprint density at radius 2 is 1.18 bits per heavy atom. The van der Waals surface area contributed by atoms with E-state index >= 15 is 0 Å². The first-order valence-electron chi connectivity index (χ1n) is 4.64. The first-order chi connectivity index (χ1) is 5.13. The van der Waals surface area contributed by atoms with Crippen molar-refractivity contribution in [2.75, 3.05) is 0 Å². The van der Waals surface area contributed by atoms with Gasteiger partial charge in [-0.05, 0) is 26.7 Å². The van der Waals surface area contributed by atoms with E-state index in [0.717, 1.165) is 12.8 Å². The number of nitrogens with two attached hydrogens (primary N) is 2. The van der Waals surface area contributed by atoms with Gasteiger partial charge in [-0.2, -0.15) is 0 Å². The average Bonchev–Trinajstić information content (AvgIpc) is 1.85. The molecule has 0 aliphatic carbocycles. The first kappa shape index (κ1) is 10.9. The maximum absolute atomic E-state index is 5.61. The fourth-order valence-corrected chi connectivity index (χ4v) is 1.11. The summed E-state index contributed by atoms with van der Waals surface area (Å²) in [7, 11) is 0. The predicted molar refractivity (Wildman–Crippen MR) is 50.4 cm³/mol. The van der Waals surface area contributed by atoms with Gasteiger partial charge >= 0.3 is 0 Å². The van der Waals surface area contributed by atoms with E-state index in [9.17, 15) is 0 Å². The van der Waals surface area contributed by atoms with Crippen molar-refractivity contribution >= 4 is 0 Å². The van der Waals surface area contributed by atoms with Crippen LogP contribution in [-0.4, -0.2) is 12.1 Å². The summed E-state index contributed by atoms with van der Waals surface area (Å²) in [4.78, 5) is 0. The average molecular weight is 158 g/mol. The molecule has 0 fully saturated rings. The van der Waals surface area contributed by atoms with Crippen molar-refractivity contribution < 1.29 is 0 Å². The molecule has 0 bridgehead atoms. The van der Waals surface area contributed by atoms with Crippen LogP contribution >= 0.6 is 0 Å². The number of rotatable bonds is 6. The Labute approximate surface area is 70.3 Å². The minimum atomic E-state index is 0.366. The molecule has 0 aromatic heterocycles. The monoisotopic (exact) mass is 158 g/mol. The smallest absolute Gasteiger partial charge is 0.00104 e. The van der Waals surface area contributed by atoms with E-state index < -0.39 is 0 Å². The second-order valence-corrected chi connectivity index (χ2v) is 3.59. The minimum Gasteiger partial charge on any atom is -0.328 e. The molecule has 0 saturated carbocycles. The van der Waals surface area contributed by atoms with Crippen molar-refractivity contribution in [1.29, 1.82) is 0 Å². The van der Waals surface area contributed by atoms with Crippen LogP contribution in [0.15, 0.2) is 0 Å². The van der Waals surface area contributed by atoms with Crippen molar-refractivity contribution in [3.05, 3.63) is 0 Å². The minimum absolute atomic E-state index is 0.366. The molecule has 0 heterocycles. The van der Waals surface area contributed by atoms with E-state index in [0.29, 0.717) is 12.1 Å². The van der Waals surface area contributed by atoms with Gasteiger partial charge in [0.25, 0.3) is 0 Å². The van der Waals surface area contributed by atoms with Crippen molar-refractivity contribution in [3.8, 4) is 0 Å². The topological polar surface area (TPSA) is 52.0 Å². The Bertz CT molecular complexity index is 69.6. The zero-order valence-corrected chi connectivity index (χ0v) is 7.84. The lowest BCUT2D eigenvalue weighted by Gasteiger charge is -2.05. The van der Waals surface area contributed by atoms with Crippen LogP contribution in [0.25, 0.3) is 0 Å². The van der Waals surface area contributed by atoms with Gasteiger partial charge in [0.05, 0.1) is 0 Å². The van der Waals surface area contributed by atoms with Gasteiger partial charge in [0.2, 0.25) is 0 Å². The third-order valence-electron chi connectivity index (χ3n) is 1.82. The lowest BCUT2D eigenvalue weighted by molar-refractivity contribution is 0.540. The molecule has 11 heavy (non-hydrogen) atoms. The predicted octanol–water partition coefficient (Wildman–Crippen LogP) is 1.63. The van der Waals surface area contributed by atoms with E-state index in [4.69, 9.17) is 11.5 Å². The molecule has 0 aromatic carbocycles. The highest BCUT2D eigenvalue weighted by Gasteiger charge is 1.96. The van der Waals surface area contributed by atoms with Gasteiger partial charge < -0.3 is 11.5 Å². The maximum Gasteiger partial charge on any atom is 0.00104 e. The fraction of sp³-hybridized carbons (Fsp3) is 1.00. The third-order valence-corrected chi connectivity index (χ3v) is 1.82. The van der Waals surface area contributed by atoms with Crippen LogP contribution in [0, 0.1) is 0 Å². The van der Waals surface area contributed by atoms with Crippen molar-refractivity contribution in [3.63, 3.8) is 0 Å². The zero-order chi connectivity index (χ0) is 8.69. The molecule has 0 aliphatic heterocycles. The lowest BCUT2D eigenvalue weighted by Crippen LogP contribution is -2.15. The van der Waals surface area contributed by atoms with Gasteiger partial charge in [-0.25, -0.2) is 0 Å². The summed E-state index contributed by atoms with van der Waals surface area (Å²) in [5, 5.41) is 0. The number of hydrogen-bond donors (Lipinski definition) is 2. The summed E-state index contributed by atoms with van der Waals surface area (Å²) < 4.78 is 0. The summed E-state index contributed by atoms with van der Waals surface area (Å²) >= 11 is 0. The Morgan fingerprint density at radius 3 is 1.45 bits per heavy atom. The van der Waals surface area contributed by atoms with Crippen LogP contribution in [0.5, 0.6) is 0 Å². The summed E-state index contributed by atoms with van der Waals surface area (Å²) in [5.41, 5.74) is 11.2. The highest BCUT2D eigenvalue weighted by Crippen LogP contribution is 2.05.